The molecule has 1 rings (SSSR count). The molecule has 0 aromatic rings. The molecule has 0 bridgehead atoms. The second kappa shape index (κ2) is 6.66. The summed E-state index contributed by atoms with van der Waals surface area (Å²) in [6.45, 7) is 8.11. The molecule has 1 saturated heterocycles. The lowest BCUT2D eigenvalue weighted by Crippen LogP contribution is -2.49. The van der Waals surface area contributed by atoms with Crippen LogP contribution in [0.4, 0.5) is 0 Å². The fraction of sp³-hybridized carbons (Fsp3) is 0.750. The van der Waals surface area contributed by atoms with E-state index in [4.69, 9.17) is 5.11 Å². The Balaban J connectivity index is 2.41. The van der Waals surface area contributed by atoms with Crippen molar-refractivity contribution in [1.29, 1.82) is 0 Å². The predicted molar refractivity (Wildman–Crippen MR) is 64.2 cm³/mol. The maximum Gasteiger partial charge on any atom is 0.249 e. The molecule has 1 amide bonds. The van der Waals surface area contributed by atoms with Crippen molar-refractivity contribution in [1.82, 2.24) is 9.80 Å². The molecular weight excluding hydrogens is 204 g/mol. The van der Waals surface area contributed by atoms with E-state index in [9.17, 15) is 4.79 Å². The van der Waals surface area contributed by atoms with E-state index in [1.165, 1.54) is 0 Å². The van der Waals surface area contributed by atoms with Gasteiger partial charge in [-0.15, -0.1) is 0 Å². The molecule has 1 N–H and O–H groups in total. The summed E-state index contributed by atoms with van der Waals surface area (Å²) in [5.41, 5.74) is 0.845. The number of allylic oxidation sites excluding steroid dienone is 1. The first-order chi connectivity index (χ1) is 7.69. The van der Waals surface area contributed by atoms with Gasteiger partial charge in [0, 0.05) is 38.3 Å². The Bertz CT molecular complexity index is 256. The number of nitrogens with zero attached hydrogens (tertiary/aromatic N) is 2. The summed E-state index contributed by atoms with van der Waals surface area (Å²) >= 11 is 0. The minimum absolute atomic E-state index is 0.158. The monoisotopic (exact) mass is 226 g/mol. The van der Waals surface area contributed by atoms with Crippen LogP contribution >= 0.6 is 0 Å². The molecule has 1 fully saturated rings. The Morgan fingerprint density at radius 1 is 1.31 bits per heavy atom. The molecule has 0 unspecified atom stereocenters. The lowest BCUT2D eigenvalue weighted by atomic mass is 10.2. The minimum Gasteiger partial charge on any atom is -0.395 e. The minimum atomic E-state index is 0.158. The first-order valence-electron chi connectivity index (χ1n) is 5.98. The molecule has 0 aromatic heterocycles. The van der Waals surface area contributed by atoms with Crippen LogP contribution in [0.3, 0.4) is 0 Å². The Morgan fingerprint density at radius 3 is 2.44 bits per heavy atom. The zero-order valence-corrected chi connectivity index (χ0v) is 10.3. The molecule has 0 saturated carbocycles. The molecular formula is C12H22N2O2. The summed E-state index contributed by atoms with van der Waals surface area (Å²) in [4.78, 5) is 16.0. The molecule has 0 radical (unpaired) electrons. The van der Waals surface area contributed by atoms with Crippen molar-refractivity contribution in [3.8, 4) is 0 Å². The molecule has 0 atom stereocenters. The number of aliphatic hydroxyl groups is 1. The molecule has 16 heavy (non-hydrogen) atoms. The van der Waals surface area contributed by atoms with Crippen molar-refractivity contribution in [2.45, 2.75) is 20.3 Å². The zero-order valence-electron chi connectivity index (χ0n) is 10.3. The van der Waals surface area contributed by atoms with Gasteiger partial charge in [-0.05, 0) is 13.3 Å². The van der Waals surface area contributed by atoms with Gasteiger partial charge < -0.3 is 10.0 Å². The van der Waals surface area contributed by atoms with Crippen LogP contribution in [0.1, 0.15) is 20.3 Å². The lowest BCUT2D eigenvalue weighted by molar-refractivity contribution is -0.128. The quantitative estimate of drug-likeness (QED) is 0.709. The van der Waals surface area contributed by atoms with Crippen LogP contribution in [-0.2, 0) is 4.79 Å². The number of β-amino-alcohol motifs (C(OH)–C–C–N with tert-alkyl or cyclic N) is 1. The number of piperazine rings is 1. The van der Waals surface area contributed by atoms with Gasteiger partial charge in [0.2, 0.25) is 5.91 Å². The maximum absolute atomic E-state index is 11.9. The van der Waals surface area contributed by atoms with Gasteiger partial charge in [0.15, 0.2) is 0 Å². The van der Waals surface area contributed by atoms with Crippen molar-refractivity contribution in [3.05, 3.63) is 11.6 Å². The van der Waals surface area contributed by atoms with E-state index < -0.39 is 0 Å². The van der Waals surface area contributed by atoms with Crippen LogP contribution in [0.2, 0.25) is 0 Å². The Hall–Kier alpha value is -0.870. The van der Waals surface area contributed by atoms with Gasteiger partial charge in [-0.1, -0.05) is 13.0 Å². The number of hydrogen-bond donors (Lipinski definition) is 1. The Kier molecular flexibility index (Phi) is 5.49. The van der Waals surface area contributed by atoms with Crippen LogP contribution in [0.15, 0.2) is 11.6 Å². The third kappa shape index (κ3) is 3.61. The number of aliphatic hydroxyl groups excluding tert-OH is 1. The van der Waals surface area contributed by atoms with Gasteiger partial charge in [-0.3, -0.25) is 9.69 Å². The molecule has 4 nitrogen and oxygen atoms in total. The van der Waals surface area contributed by atoms with Crippen LogP contribution in [0.25, 0.3) is 0 Å². The highest BCUT2D eigenvalue weighted by atomic mass is 16.3. The summed E-state index contributed by atoms with van der Waals surface area (Å²) in [6.07, 6.45) is 2.88. The number of rotatable bonds is 4. The van der Waals surface area contributed by atoms with E-state index >= 15 is 0 Å². The molecule has 0 aromatic carbocycles. The van der Waals surface area contributed by atoms with Crippen molar-refractivity contribution >= 4 is 5.91 Å². The largest absolute Gasteiger partial charge is 0.395 e. The molecule has 1 heterocycles. The van der Waals surface area contributed by atoms with E-state index in [1.807, 2.05) is 24.8 Å². The van der Waals surface area contributed by atoms with Crippen molar-refractivity contribution in [2.24, 2.45) is 0 Å². The third-order valence-corrected chi connectivity index (χ3v) is 2.92. The smallest absolute Gasteiger partial charge is 0.249 e. The maximum atomic E-state index is 11.9. The summed E-state index contributed by atoms with van der Waals surface area (Å²) in [5.74, 6) is 0.158. The van der Waals surface area contributed by atoms with E-state index in [0.29, 0.717) is 6.54 Å². The number of hydrogen-bond acceptors (Lipinski definition) is 3. The Labute approximate surface area is 97.5 Å². The number of amides is 1. The number of carbonyl (C=O) groups is 1. The topological polar surface area (TPSA) is 43.8 Å². The predicted octanol–water partition coefficient (Wildman–Crippen LogP) is 0.479. The average Bonchev–Trinajstić information content (AvgIpc) is 2.30. The van der Waals surface area contributed by atoms with Gasteiger partial charge in [0.25, 0.3) is 0 Å². The van der Waals surface area contributed by atoms with Gasteiger partial charge in [0.1, 0.15) is 0 Å². The lowest BCUT2D eigenvalue weighted by Gasteiger charge is -2.34. The first kappa shape index (κ1) is 13.2. The van der Waals surface area contributed by atoms with Gasteiger partial charge in [-0.2, -0.15) is 0 Å². The highest BCUT2D eigenvalue weighted by molar-refractivity contribution is 5.92. The van der Waals surface area contributed by atoms with Crippen molar-refractivity contribution in [3.63, 3.8) is 0 Å². The van der Waals surface area contributed by atoms with Crippen LogP contribution in [0, 0.1) is 0 Å². The molecule has 1 aliphatic rings. The standard InChI is InChI=1S/C12H22N2O2/c1-3-4-11(2)12(16)14-7-5-13(6-8-14)9-10-15/h4,15H,3,5-10H2,1-2H3/b11-4+. The van der Waals surface area contributed by atoms with E-state index in [2.05, 4.69) is 4.90 Å². The zero-order chi connectivity index (χ0) is 12.0. The van der Waals surface area contributed by atoms with Crippen LogP contribution < -0.4 is 0 Å². The highest BCUT2D eigenvalue weighted by Crippen LogP contribution is 2.07. The SMILES string of the molecule is CC/C=C(\C)C(=O)N1CCN(CCO)CC1. The first-order valence-corrected chi connectivity index (χ1v) is 5.98. The Morgan fingerprint density at radius 2 is 1.94 bits per heavy atom. The summed E-state index contributed by atoms with van der Waals surface area (Å²) < 4.78 is 0. The average molecular weight is 226 g/mol. The van der Waals surface area contributed by atoms with E-state index in [0.717, 1.165) is 38.2 Å². The van der Waals surface area contributed by atoms with Crippen LogP contribution in [0.5, 0.6) is 0 Å². The molecule has 0 aliphatic carbocycles. The van der Waals surface area contributed by atoms with E-state index in [-0.39, 0.29) is 12.5 Å². The second-order valence-electron chi connectivity index (χ2n) is 4.15. The van der Waals surface area contributed by atoms with Gasteiger partial charge in [-0.25, -0.2) is 0 Å². The third-order valence-electron chi connectivity index (χ3n) is 2.92. The van der Waals surface area contributed by atoms with Crippen LogP contribution in [-0.4, -0.2) is 60.1 Å². The van der Waals surface area contributed by atoms with Gasteiger partial charge in [0.05, 0.1) is 6.61 Å². The highest BCUT2D eigenvalue weighted by Gasteiger charge is 2.21. The second-order valence-corrected chi connectivity index (χ2v) is 4.15. The summed E-state index contributed by atoms with van der Waals surface area (Å²) in [7, 11) is 0. The van der Waals surface area contributed by atoms with Gasteiger partial charge >= 0.3 is 0 Å². The number of carbonyl (C=O) groups excluding carboxylic acids is 1. The van der Waals surface area contributed by atoms with Crippen molar-refractivity contribution in [2.75, 3.05) is 39.3 Å². The molecule has 1 aliphatic heterocycles. The van der Waals surface area contributed by atoms with E-state index in [1.54, 1.807) is 0 Å². The summed E-state index contributed by atoms with van der Waals surface area (Å²) in [6, 6.07) is 0. The molecule has 92 valence electrons. The fourth-order valence-corrected chi connectivity index (χ4v) is 1.96. The summed E-state index contributed by atoms with van der Waals surface area (Å²) in [5, 5.41) is 8.82. The fourth-order valence-electron chi connectivity index (χ4n) is 1.96. The molecule has 0 spiro atoms. The normalized spacial score (nSPS) is 18.9. The van der Waals surface area contributed by atoms with Crippen molar-refractivity contribution < 1.29 is 9.90 Å². The molecule has 4 heteroatoms.